The van der Waals surface area contributed by atoms with Crippen molar-refractivity contribution in [2.24, 2.45) is 0 Å². The molecular formula is C16H14Cl2N2O2. The van der Waals surface area contributed by atoms with Gasteiger partial charge in [-0.1, -0.05) is 47.5 Å². The van der Waals surface area contributed by atoms with E-state index in [1.54, 1.807) is 30.3 Å². The molecule has 0 saturated carbocycles. The molecule has 0 fully saturated rings. The van der Waals surface area contributed by atoms with Crippen LogP contribution in [0.4, 0.5) is 11.4 Å². The third-order valence-electron chi connectivity index (χ3n) is 2.96. The summed E-state index contributed by atoms with van der Waals surface area (Å²) in [4.78, 5) is 25.2. The molecule has 0 bridgehead atoms. The molecule has 4 nitrogen and oxygen atoms in total. The first-order valence-corrected chi connectivity index (χ1v) is 7.31. The zero-order valence-corrected chi connectivity index (χ0v) is 13.4. The number of amides is 2. The molecule has 1 N–H and O–H groups in total. The Hall–Kier alpha value is -2.04. The Bertz CT molecular complexity index is 690. The van der Waals surface area contributed by atoms with Gasteiger partial charge in [0.2, 0.25) is 11.8 Å². The average molecular weight is 337 g/mol. The second-order valence-electron chi connectivity index (χ2n) is 4.59. The zero-order valence-electron chi connectivity index (χ0n) is 11.8. The van der Waals surface area contributed by atoms with Crippen molar-refractivity contribution in [2.75, 3.05) is 16.8 Å². The number of benzene rings is 2. The number of rotatable bonds is 4. The molecule has 114 valence electrons. The van der Waals surface area contributed by atoms with Gasteiger partial charge in [-0.25, -0.2) is 0 Å². The minimum atomic E-state index is -0.322. The molecule has 0 unspecified atom stereocenters. The summed E-state index contributed by atoms with van der Waals surface area (Å²) < 4.78 is 0. The molecule has 6 heteroatoms. The Labute approximate surface area is 138 Å². The minimum Gasteiger partial charge on any atom is -0.325 e. The lowest BCUT2D eigenvalue weighted by atomic mass is 10.2. The van der Waals surface area contributed by atoms with Gasteiger partial charge in [0.15, 0.2) is 0 Å². The van der Waals surface area contributed by atoms with Crippen molar-refractivity contribution >= 4 is 46.4 Å². The van der Waals surface area contributed by atoms with Crippen LogP contribution in [-0.2, 0) is 9.59 Å². The molecule has 2 rings (SSSR count). The van der Waals surface area contributed by atoms with E-state index < -0.39 is 0 Å². The van der Waals surface area contributed by atoms with Gasteiger partial charge in [-0.2, -0.15) is 0 Å². The van der Waals surface area contributed by atoms with Crippen molar-refractivity contribution in [1.29, 1.82) is 0 Å². The van der Waals surface area contributed by atoms with Gasteiger partial charge < -0.3 is 10.2 Å². The first-order chi connectivity index (χ1) is 10.5. The minimum absolute atomic E-state index is 0.149. The van der Waals surface area contributed by atoms with Gasteiger partial charge in [-0.3, -0.25) is 9.59 Å². The van der Waals surface area contributed by atoms with Gasteiger partial charge in [0.1, 0.15) is 6.54 Å². The third kappa shape index (κ3) is 4.00. The van der Waals surface area contributed by atoms with Gasteiger partial charge >= 0.3 is 0 Å². The summed E-state index contributed by atoms with van der Waals surface area (Å²) in [6.45, 7) is 1.22. The SMILES string of the molecule is CC(=O)N(CC(=O)Nc1ccccc1)c1cccc(Cl)c1Cl. The first-order valence-electron chi connectivity index (χ1n) is 6.56. The number of hydrogen-bond acceptors (Lipinski definition) is 2. The molecule has 0 atom stereocenters. The maximum atomic E-state index is 12.1. The largest absolute Gasteiger partial charge is 0.325 e. The van der Waals surface area contributed by atoms with E-state index >= 15 is 0 Å². The number of anilines is 2. The maximum absolute atomic E-state index is 12.1. The number of para-hydroxylation sites is 1. The van der Waals surface area contributed by atoms with Crippen LogP contribution in [0.15, 0.2) is 48.5 Å². The van der Waals surface area contributed by atoms with Crippen LogP contribution in [0.2, 0.25) is 10.0 Å². The van der Waals surface area contributed by atoms with Gasteiger partial charge in [0.05, 0.1) is 15.7 Å². The van der Waals surface area contributed by atoms with Crippen molar-refractivity contribution in [1.82, 2.24) is 0 Å². The molecule has 0 aliphatic rings. The fourth-order valence-electron chi connectivity index (χ4n) is 1.93. The maximum Gasteiger partial charge on any atom is 0.244 e. The third-order valence-corrected chi connectivity index (χ3v) is 3.77. The summed E-state index contributed by atoms with van der Waals surface area (Å²) in [6.07, 6.45) is 0. The molecule has 0 aliphatic heterocycles. The molecular weight excluding hydrogens is 323 g/mol. The second-order valence-corrected chi connectivity index (χ2v) is 5.38. The molecule has 22 heavy (non-hydrogen) atoms. The summed E-state index contributed by atoms with van der Waals surface area (Å²) in [7, 11) is 0. The highest BCUT2D eigenvalue weighted by atomic mass is 35.5. The summed E-state index contributed by atoms with van der Waals surface area (Å²) in [6, 6.07) is 13.9. The Morgan fingerprint density at radius 1 is 1.05 bits per heavy atom. The zero-order chi connectivity index (χ0) is 16.1. The van der Waals surface area contributed by atoms with E-state index in [-0.39, 0.29) is 23.4 Å². The fourth-order valence-corrected chi connectivity index (χ4v) is 2.33. The molecule has 2 aromatic rings. The number of carbonyl (C=O) groups is 2. The van der Waals surface area contributed by atoms with E-state index in [0.717, 1.165) is 0 Å². The van der Waals surface area contributed by atoms with Gasteiger partial charge in [0.25, 0.3) is 0 Å². The summed E-state index contributed by atoms with van der Waals surface area (Å²) in [5.74, 6) is -0.621. The van der Waals surface area contributed by atoms with Crippen LogP contribution in [0.25, 0.3) is 0 Å². The van der Waals surface area contributed by atoms with Crippen LogP contribution >= 0.6 is 23.2 Å². The molecule has 0 spiro atoms. The van der Waals surface area contributed by atoms with Crippen molar-refractivity contribution < 1.29 is 9.59 Å². The van der Waals surface area contributed by atoms with Crippen LogP contribution in [-0.4, -0.2) is 18.4 Å². The predicted molar refractivity (Wildman–Crippen MR) is 89.6 cm³/mol. The van der Waals surface area contributed by atoms with Crippen LogP contribution in [0.1, 0.15) is 6.92 Å². The molecule has 0 heterocycles. The monoisotopic (exact) mass is 336 g/mol. The van der Waals surface area contributed by atoms with Gasteiger partial charge in [0, 0.05) is 12.6 Å². The standard InChI is InChI=1S/C16H14Cl2N2O2/c1-11(21)20(14-9-5-8-13(17)16(14)18)10-15(22)19-12-6-3-2-4-7-12/h2-9H,10H2,1H3,(H,19,22). The Balaban J connectivity index is 2.17. The highest BCUT2D eigenvalue weighted by Gasteiger charge is 2.19. The van der Waals surface area contributed by atoms with Crippen molar-refractivity contribution in [3.63, 3.8) is 0 Å². The van der Waals surface area contributed by atoms with E-state index in [1.165, 1.54) is 11.8 Å². The van der Waals surface area contributed by atoms with Crippen molar-refractivity contribution in [3.05, 3.63) is 58.6 Å². The van der Waals surface area contributed by atoms with E-state index in [0.29, 0.717) is 16.4 Å². The molecule has 0 aliphatic carbocycles. The van der Waals surface area contributed by atoms with E-state index in [2.05, 4.69) is 5.32 Å². The Morgan fingerprint density at radius 3 is 2.36 bits per heavy atom. The van der Waals surface area contributed by atoms with E-state index in [1.807, 2.05) is 18.2 Å². The van der Waals surface area contributed by atoms with Crippen LogP contribution in [0, 0.1) is 0 Å². The number of nitrogens with zero attached hydrogens (tertiary/aromatic N) is 1. The Kier molecular flexibility index (Phi) is 5.41. The van der Waals surface area contributed by atoms with E-state index in [9.17, 15) is 9.59 Å². The highest BCUT2D eigenvalue weighted by Crippen LogP contribution is 2.32. The summed E-state index contributed by atoms with van der Waals surface area (Å²) in [5, 5.41) is 3.29. The Morgan fingerprint density at radius 2 is 1.73 bits per heavy atom. The average Bonchev–Trinajstić information content (AvgIpc) is 2.49. The van der Waals surface area contributed by atoms with E-state index in [4.69, 9.17) is 23.2 Å². The number of nitrogens with one attached hydrogen (secondary N) is 1. The summed E-state index contributed by atoms with van der Waals surface area (Å²) in [5.41, 5.74) is 1.07. The summed E-state index contributed by atoms with van der Waals surface area (Å²) >= 11 is 12.1. The number of carbonyl (C=O) groups excluding carboxylic acids is 2. The molecule has 0 saturated heterocycles. The number of halogens is 2. The molecule has 0 radical (unpaired) electrons. The molecule has 0 aromatic heterocycles. The van der Waals surface area contributed by atoms with Crippen LogP contribution < -0.4 is 10.2 Å². The molecule has 2 amide bonds. The van der Waals surface area contributed by atoms with Gasteiger partial charge in [-0.05, 0) is 24.3 Å². The first kappa shape index (κ1) is 16.3. The highest BCUT2D eigenvalue weighted by molar-refractivity contribution is 6.44. The lowest BCUT2D eigenvalue weighted by molar-refractivity contribution is -0.120. The smallest absolute Gasteiger partial charge is 0.244 e. The van der Waals surface area contributed by atoms with Crippen molar-refractivity contribution in [2.45, 2.75) is 6.92 Å². The topological polar surface area (TPSA) is 49.4 Å². The van der Waals surface area contributed by atoms with Gasteiger partial charge in [-0.15, -0.1) is 0 Å². The normalized spacial score (nSPS) is 10.1. The predicted octanol–water partition coefficient (Wildman–Crippen LogP) is 3.99. The number of hydrogen-bond donors (Lipinski definition) is 1. The quantitative estimate of drug-likeness (QED) is 0.917. The lowest BCUT2D eigenvalue weighted by Gasteiger charge is -2.22. The lowest BCUT2D eigenvalue weighted by Crippen LogP contribution is -2.36. The second kappa shape index (κ2) is 7.29. The van der Waals surface area contributed by atoms with Crippen LogP contribution in [0.3, 0.4) is 0 Å². The van der Waals surface area contributed by atoms with Crippen molar-refractivity contribution in [3.8, 4) is 0 Å². The van der Waals surface area contributed by atoms with Crippen LogP contribution in [0.5, 0.6) is 0 Å². The molecule has 2 aromatic carbocycles. The fraction of sp³-hybridized carbons (Fsp3) is 0.125.